The molecule has 0 fully saturated rings. The van der Waals surface area contributed by atoms with Gasteiger partial charge in [-0.05, 0) is 23.8 Å². The molecule has 0 aliphatic heterocycles. The number of nitrogens with zero attached hydrogens (tertiary/aromatic N) is 4. The van der Waals surface area contributed by atoms with Gasteiger partial charge in [-0.1, -0.05) is 0 Å². The highest BCUT2D eigenvalue weighted by molar-refractivity contribution is 5.80. The largest absolute Gasteiger partial charge is 0.265 e. The van der Waals surface area contributed by atoms with Crippen molar-refractivity contribution in [1.82, 2.24) is 19.7 Å². The lowest BCUT2D eigenvalue weighted by atomic mass is 10.1. The summed E-state index contributed by atoms with van der Waals surface area (Å²) in [7, 11) is 1.89. The third-order valence-corrected chi connectivity index (χ3v) is 2.59. The maximum absolute atomic E-state index is 4.40. The summed E-state index contributed by atoms with van der Waals surface area (Å²) in [5.74, 6) is 0. The number of rotatable bonds is 1. The van der Waals surface area contributed by atoms with Crippen LogP contribution in [0.5, 0.6) is 0 Å². The number of hydrogen-bond acceptors (Lipinski definition) is 3. The van der Waals surface area contributed by atoms with E-state index in [1.165, 1.54) is 0 Å². The summed E-state index contributed by atoms with van der Waals surface area (Å²) in [4.78, 5) is 8.40. The summed E-state index contributed by atoms with van der Waals surface area (Å²) in [5, 5.41) is 5.22. The molecule has 3 rings (SSSR count). The molecule has 0 aliphatic carbocycles. The van der Waals surface area contributed by atoms with Crippen molar-refractivity contribution in [3.8, 4) is 11.1 Å². The van der Waals surface area contributed by atoms with Gasteiger partial charge in [-0.2, -0.15) is 5.10 Å². The summed E-state index contributed by atoms with van der Waals surface area (Å²) in [6.07, 6.45) is 7.25. The molecule has 0 unspecified atom stereocenters. The Morgan fingerprint density at radius 2 is 1.88 bits per heavy atom. The molecule has 0 saturated heterocycles. The zero-order valence-corrected chi connectivity index (χ0v) is 8.83. The maximum Gasteiger partial charge on any atom is 0.157 e. The zero-order valence-electron chi connectivity index (χ0n) is 8.83. The van der Waals surface area contributed by atoms with Crippen molar-refractivity contribution < 1.29 is 0 Å². The summed E-state index contributed by atoms with van der Waals surface area (Å²) in [5.41, 5.74) is 3.11. The Bertz CT molecular complexity index is 628. The molecule has 3 aromatic heterocycles. The lowest BCUT2D eigenvalue weighted by Gasteiger charge is -2.00. The Balaban J connectivity index is 2.19. The summed E-state index contributed by atoms with van der Waals surface area (Å²) in [6.45, 7) is 0. The highest BCUT2D eigenvalue weighted by Gasteiger charge is 2.03. The molecule has 3 aromatic rings. The molecule has 16 heavy (non-hydrogen) atoms. The molecule has 4 heteroatoms. The van der Waals surface area contributed by atoms with Gasteiger partial charge in [0.25, 0.3) is 0 Å². The molecule has 4 nitrogen and oxygen atoms in total. The second-order valence-electron chi connectivity index (χ2n) is 3.64. The lowest BCUT2D eigenvalue weighted by Crippen LogP contribution is -1.91. The van der Waals surface area contributed by atoms with Crippen LogP contribution in [0.4, 0.5) is 0 Å². The van der Waals surface area contributed by atoms with Crippen LogP contribution in [0.1, 0.15) is 0 Å². The quantitative estimate of drug-likeness (QED) is 0.617. The van der Waals surface area contributed by atoms with Crippen LogP contribution >= 0.6 is 0 Å². The van der Waals surface area contributed by atoms with Crippen LogP contribution in [0.15, 0.2) is 43.0 Å². The predicted octanol–water partition coefficient (Wildman–Crippen LogP) is 2.03. The Labute approximate surface area is 92.6 Å². The van der Waals surface area contributed by atoms with Gasteiger partial charge in [0.15, 0.2) is 5.65 Å². The number of hydrogen-bond donors (Lipinski definition) is 0. The van der Waals surface area contributed by atoms with Crippen LogP contribution in [0.3, 0.4) is 0 Å². The predicted molar refractivity (Wildman–Crippen MR) is 61.7 cm³/mol. The lowest BCUT2D eigenvalue weighted by molar-refractivity contribution is 0.786. The maximum atomic E-state index is 4.40. The van der Waals surface area contributed by atoms with Crippen LogP contribution in [-0.4, -0.2) is 19.7 Å². The highest BCUT2D eigenvalue weighted by Crippen LogP contribution is 2.21. The van der Waals surface area contributed by atoms with Gasteiger partial charge in [-0.3, -0.25) is 9.67 Å². The van der Waals surface area contributed by atoms with Crippen molar-refractivity contribution in [2.75, 3.05) is 0 Å². The SMILES string of the molecule is Cn1ncc2cc(-c3ccncc3)cnc21. The fourth-order valence-electron chi connectivity index (χ4n) is 1.75. The fraction of sp³-hybridized carbons (Fsp3) is 0.0833. The molecule has 0 spiro atoms. The van der Waals surface area contributed by atoms with Crippen molar-refractivity contribution in [2.24, 2.45) is 7.05 Å². The average molecular weight is 210 g/mol. The van der Waals surface area contributed by atoms with E-state index < -0.39 is 0 Å². The Kier molecular flexibility index (Phi) is 1.93. The molecule has 0 N–H and O–H groups in total. The molecule has 0 amide bonds. The van der Waals surface area contributed by atoms with Gasteiger partial charge in [0.05, 0.1) is 6.20 Å². The van der Waals surface area contributed by atoms with E-state index >= 15 is 0 Å². The van der Waals surface area contributed by atoms with Gasteiger partial charge in [0.1, 0.15) is 0 Å². The Morgan fingerprint density at radius 1 is 1.06 bits per heavy atom. The smallest absolute Gasteiger partial charge is 0.157 e. The van der Waals surface area contributed by atoms with E-state index in [1.54, 1.807) is 17.1 Å². The third-order valence-electron chi connectivity index (χ3n) is 2.59. The average Bonchev–Trinajstić information content (AvgIpc) is 2.72. The topological polar surface area (TPSA) is 43.6 Å². The monoisotopic (exact) mass is 210 g/mol. The molecule has 78 valence electrons. The molecule has 0 saturated carbocycles. The van der Waals surface area contributed by atoms with Crippen LogP contribution in [0.2, 0.25) is 0 Å². The van der Waals surface area contributed by atoms with Crippen LogP contribution < -0.4 is 0 Å². The molecule has 0 atom stereocenters. The summed E-state index contributed by atoms with van der Waals surface area (Å²) < 4.78 is 1.77. The Hall–Kier alpha value is -2.23. The molecule has 0 aliphatic rings. The molecule has 0 bridgehead atoms. The summed E-state index contributed by atoms with van der Waals surface area (Å²) in [6, 6.07) is 6.03. The van der Waals surface area contributed by atoms with E-state index in [1.807, 2.05) is 31.6 Å². The van der Waals surface area contributed by atoms with E-state index in [4.69, 9.17) is 0 Å². The second-order valence-corrected chi connectivity index (χ2v) is 3.64. The van der Waals surface area contributed by atoms with Crippen LogP contribution in [0.25, 0.3) is 22.2 Å². The number of aromatic nitrogens is 4. The number of fused-ring (bicyclic) bond motifs is 1. The molecule has 3 heterocycles. The van der Waals surface area contributed by atoms with E-state index in [2.05, 4.69) is 21.1 Å². The van der Waals surface area contributed by atoms with Gasteiger partial charge in [-0.15, -0.1) is 0 Å². The first-order chi connectivity index (χ1) is 7.84. The normalized spacial score (nSPS) is 10.8. The molecular formula is C12H10N4. The van der Waals surface area contributed by atoms with Gasteiger partial charge in [0.2, 0.25) is 0 Å². The summed E-state index contributed by atoms with van der Waals surface area (Å²) >= 11 is 0. The first-order valence-electron chi connectivity index (χ1n) is 5.03. The first-order valence-corrected chi connectivity index (χ1v) is 5.03. The van der Waals surface area contributed by atoms with Crippen molar-refractivity contribution in [1.29, 1.82) is 0 Å². The second kappa shape index (κ2) is 3.41. The van der Waals surface area contributed by atoms with E-state index in [0.29, 0.717) is 0 Å². The molecule has 0 aromatic carbocycles. The minimum atomic E-state index is 0.901. The minimum Gasteiger partial charge on any atom is -0.265 e. The van der Waals surface area contributed by atoms with E-state index in [0.717, 1.165) is 22.2 Å². The number of pyridine rings is 2. The third kappa shape index (κ3) is 1.35. The van der Waals surface area contributed by atoms with Crippen LogP contribution in [0, 0.1) is 0 Å². The van der Waals surface area contributed by atoms with E-state index in [-0.39, 0.29) is 0 Å². The van der Waals surface area contributed by atoms with Gasteiger partial charge in [0, 0.05) is 36.6 Å². The van der Waals surface area contributed by atoms with E-state index in [9.17, 15) is 0 Å². The van der Waals surface area contributed by atoms with Crippen molar-refractivity contribution >= 4 is 11.0 Å². The molecular weight excluding hydrogens is 200 g/mol. The fourth-order valence-corrected chi connectivity index (χ4v) is 1.75. The van der Waals surface area contributed by atoms with Crippen molar-refractivity contribution in [3.63, 3.8) is 0 Å². The van der Waals surface area contributed by atoms with Crippen molar-refractivity contribution in [3.05, 3.63) is 43.0 Å². The van der Waals surface area contributed by atoms with Crippen LogP contribution in [-0.2, 0) is 7.05 Å². The van der Waals surface area contributed by atoms with Gasteiger partial charge >= 0.3 is 0 Å². The highest BCUT2D eigenvalue weighted by atomic mass is 15.3. The zero-order chi connectivity index (χ0) is 11.0. The van der Waals surface area contributed by atoms with Gasteiger partial charge in [-0.25, -0.2) is 4.98 Å². The van der Waals surface area contributed by atoms with Gasteiger partial charge < -0.3 is 0 Å². The standard InChI is InChI=1S/C12H10N4/c1-16-12-11(8-15-16)6-10(7-14-12)9-2-4-13-5-3-9/h2-8H,1H3. The molecule has 0 radical (unpaired) electrons. The first kappa shape index (κ1) is 9.03. The Morgan fingerprint density at radius 3 is 2.69 bits per heavy atom. The minimum absolute atomic E-state index is 0.901. The van der Waals surface area contributed by atoms with Crippen molar-refractivity contribution in [2.45, 2.75) is 0 Å². The number of aryl methyl sites for hydroxylation is 1.